The van der Waals surface area contributed by atoms with Gasteiger partial charge in [-0.3, -0.25) is 4.79 Å². The van der Waals surface area contributed by atoms with Crippen LogP contribution in [-0.2, 0) is 4.79 Å². The molecule has 6 heteroatoms. The maximum atomic E-state index is 12.2. The van der Waals surface area contributed by atoms with E-state index in [2.05, 4.69) is 5.32 Å². The third kappa shape index (κ3) is 4.49. The maximum absolute atomic E-state index is 12.2. The van der Waals surface area contributed by atoms with E-state index in [1.807, 2.05) is 25.1 Å². The van der Waals surface area contributed by atoms with E-state index in [9.17, 15) is 10.1 Å². The van der Waals surface area contributed by atoms with Crippen LogP contribution in [0.2, 0.25) is 15.1 Å². The molecule has 0 spiro atoms. The summed E-state index contributed by atoms with van der Waals surface area (Å²) in [5, 5.41) is 12.8. The first-order valence-electron chi connectivity index (χ1n) is 6.55. The Morgan fingerprint density at radius 2 is 1.70 bits per heavy atom. The van der Waals surface area contributed by atoms with Crippen LogP contribution in [-0.4, -0.2) is 5.91 Å². The van der Waals surface area contributed by atoms with Crippen molar-refractivity contribution in [3.63, 3.8) is 0 Å². The van der Waals surface area contributed by atoms with Crippen LogP contribution in [0, 0.1) is 18.3 Å². The van der Waals surface area contributed by atoms with Gasteiger partial charge in [-0.25, -0.2) is 0 Å². The first-order chi connectivity index (χ1) is 10.9. The van der Waals surface area contributed by atoms with Crippen LogP contribution in [0.15, 0.2) is 42.0 Å². The van der Waals surface area contributed by atoms with E-state index in [4.69, 9.17) is 34.8 Å². The van der Waals surface area contributed by atoms with Crippen LogP contribution >= 0.6 is 34.8 Å². The molecule has 2 aromatic carbocycles. The van der Waals surface area contributed by atoms with Gasteiger partial charge in [0.2, 0.25) is 0 Å². The first kappa shape index (κ1) is 17.4. The van der Waals surface area contributed by atoms with Crippen LogP contribution < -0.4 is 5.32 Å². The lowest BCUT2D eigenvalue weighted by Crippen LogP contribution is -2.13. The molecule has 0 unspecified atom stereocenters. The number of amides is 1. The van der Waals surface area contributed by atoms with Gasteiger partial charge >= 0.3 is 0 Å². The van der Waals surface area contributed by atoms with Gasteiger partial charge in [0.1, 0.15) is 11.6 Å². The van der Waals surface area contributed by atoms with Crippen LogP contribution in [0.1, 0.15) is 11.1 Å². The number of aryl methyl sites for hydroxylation is 1. The fraction of sp³-hybridized carbons (Fsp3) is 0.0588. The zero-order valence-electron chi connectivity index (χ0n) is 12.0. The van der Waals surface area contributed by atoms with Crippen molar-refractivity contribution in [2.24, 2.45) is 0 Å². The smallest absolute Gasteiger partial charge is 0.266 e. The van der Waals surface area contributed by atoms with Crippen molar-refractivity contribution < 1.29 is 4.79 Å². The lowest BCUT2D eigenvalue weighted by Gasteiger charge is -2.06. The van der Waals surface area contributed by atoms with E-state index in [0.717, 1.165) is 5.56 Å². The molecule has 0 fully saturated rings. The summed E-state index contributed by atoms with van der Waals surface area (Å²) in [7, 11) is 0. The summed E-state index contributed by atoms with van der Waals surface area (Å²) in [5.74, 6) is -0.529. The number of carbonyl (C=O) groups excluding carboxylic acids is 1. The van der Waals surface area contributed by atoms with Gasteiger partial charge in [0.15, 0.2) is 0 Å². The average Bonchev–Trinajstić information content (AvgIpc) is 2.51. The summed E-state index contributed by atoms with van der Waals surface area (Å²) in [5.41, 5.74) is 2.02. The fourth-order valence-corrected chi connectivity index (χ4v) is 2.40. The third-order valence-electron chi connectivity index (χ3n) is 3.01. The molecule has 0 heterocycles. The van der Waals surface area contributed by atoms with Gasteiger partial charge in [-0.1, -0.05) is 52.5 Å². The van der Waals surface area contributed by atoms with Crippen molar-refractivity contribution in [3.05, 3.63) is 68.2 Å². The van der Waals surface area contributed by atoms with Crippen LogP contribution in [0.4, 0.5) is 5.69 Å². The number of benzene rings is 2. The Morgan fingerprint density at radius 1 is 1.09 bits per heavy atom. The van der Waals surface area contributed by atoms with Gasteiger partial charge in [0.05, 0.1) is 10.0 Å². The van der Waals surface area contributed by atoms with Crippen molar-refractivity contribution in [2.45, 2.75) is 6.92 Å². The van der Waals surface area contributed by atoms with Gasteiger partial charge in [-0.15, -0.1) is 0 Å². The number of carbonyl (C=O) groups is 1. The largest absolute Gasteiger partial charge is 0.321 e. The molecule has 3 nitrogen and oxygen atoms in total. The summed E-state index contributed by atoms with van der Waals surface area (Å²) >= 11 is 17.8. The number of hydrogen-bond donors (Lipinski definition) is 1. The molecule has 2 rings (SSSR count). The molecule has 0 aliphatic heterocycles. The maximum Gasteiger partial charge on any atom is 0.266 e. The molecule has 0 atom stereocenters. The van der Waals surface area contributed by atoms with E-state index in [-0.39, 0.29) is 5.57 Å². The number of halogens is 3. The SMILES string of the molecule is Cc1ccc(NC(=O)/C(C#N)=C\c2cc(Cl)c(Cl)cc2Cl)cc1. The van der Waals surface area contributed by atoms with Crippen molar-refractivity contribution >= 4 is 52.5 Å². The summed E-state index contributed by atoms with van der Waals surface area (Å²) in [4.78, 5) is 12.2. The first-order valence-corrected chi connectivity index (χ1v) is 7.68. The van der Waals surface area contributed by atoms with Crippen molar-refractivity contribution in [1.29, 1.82) is 5.26 Å². The summed E-state index contributed by atoms with van der Waals surface area (Å²) in [6.07, 6.45) is 1.37. The van der Waals surface area contributed by atoms with E-state index < -0.39 is 5.91 Å². The lowest BCUT2D eigenvalue weighted by molar-refractivity contribution is -0.112. The second-order valence-electron chi connectivity index (χ2n) is 4.78. The zero-order chi connectivity index (χ0) is 17.0. The van der Waals surface area contributed by atoms with E-state index in [0.29, 0.717) is 26.3 Å². The minimum Gasteiger partial charge on any atom is -0.321 e. The molecule has 23 heavy (non-hydrogen) atoms. The number of rotatable bonds is 3. The van der Waals surface area contributed by atoms with Gasteiger partial charge < -0.3 is 5.32 Å². The predicted octanol–water partition coefficient (Wildman–Crippen LogP) is 5.50. The minimum absolute atomic E-state index is 0.0918. The molecule has 116 valence electrons. The van der Waals surface area contributed by atoms with Crippen molar-refractivity contribution in [3.8, 4) is 6.07 Å². The van der Waals surface area contributed by atoms with E-state index in [1.165, 1.54) is 18.2 Å². The summed E-state index contributed by atoms with van der Waals surface area (Å²) in [6, 6.07) is 12.1. The molecule has 0 aliphatic rings. The molecule has 1 N–H and O–H groups in total. The van der Waals surface area contributed by atoms with Crippen molar-refractivity contribution in [1.82, 2.24) is 0 Å². The quantitative estimate of drug-likeness (QED) is 0.443. The Hall–Kier alpha value is -1.99. The highest BCUT2D eigenvalue weighted by Gasteiger charge is 2.12. The molecular formula is C17H11Cl3N2O. The standard InChI is InChI=1S/C17H11Cl3N2O/c1-10-2-4-13(5-3-10)22-17(23)12(9-21)6-11-7-15(19)16(20)8-14(11)18/h2-8H,1H3,(H,22,23)/b12-6-. The molecule has 2 aromatic rings. The molecular weight excluding hydrogens is 355 g/mol. The molecule has 0 bridgehead atoms. The molecule has 0 aliphatic carbocycles. The monoisotopic (exact) mass is 364 g/mol. The number of anilines is 1. The van der Waals surface area contributed by atoms with Crippen LogP contribution in [0.25, 0.3) is 6.08 Å². The van der Waals surface area contributed by atoms with Gasteiger partial charge in [-0.05, 0) is 42.8 Å². The highest BCUT2D eigenvalue weighted by atomic mass is 35.5. The van der Waals surface area contributed by atoms with Crippen molar-refractivity contribution in [2.75, 3.05) is 5.32 Å². The van der Waals surface area contributed by atoms with E-state index in [1.54, 1.807) is 12.1 Å². The molecule has 0 saturated carbocycles. The average molecular weight is 366 g/mol. The summed E-state index contributed by atoms with van der Waals surface area (Å²) in [6.45, 7) is 1.94. The number of nitrogens with one attached hydrogen (secondary N) is 1. The topological polar surface area (TPSA) is 52.9 Å². The predicted molar refractivity (Wildman–Crippen MR) is 94.9 cm³/mol. The molecule has 1 amide bonds. The molecule has 0 aromatic heterocycles. The summed E-state index contributed by atoms with van der Waals surface area (Å²) < 4.78 is 0. The highest BCUT2D eigenvalue weighted by molar-refractivity contribution is 6.43. The fourth-order valence-electron chi connectivity index (χ4n) is 1.79. The second kappa shape index (κ2) is 7.52. The number of nitriles is 1. The number of nitrogens with zero attached hydrogens (tertiary/aromatic N) is 1. The normalized spacial score (nSPS) is 11.0. The Kier molecular flexibility index (Phi) is 5.68. The Morgan fingerprint density at radius 3 is 2.30 bits per heavy atom. The Bertz CT molecular complexity index is 821. The second-order valence-corrected chi connectivity index (χ2v) is 6.00. The Balaban J connectivity index is 2.28. The highest BCUT2D eigenvalue weighted by Crippen LogP contribution is 2.30. The Labute approximate surface area is 149 Å². The van der Waals surface area contributed by atoms with Crippen LogP contribution in [0.5, 0.6) is 0 Å². The van der Waals surface area contributed by atoms with E-state index >= 15 is 0 Å². The third-order valence-corrected chi connectivity index (χ3v) is 4.06. The van der Waals surface area contributed by atoms with Gasteiger partial charge in [0.25, 0.3) is 5.91 Å². The van der Waals surface area contributed by atoms with Crippen LogP contribution in [0.3, 0.4) is 0 Å². The zero-order valence-corrected chi connectivity index (χ0v) is 14.3. The molecule has 0 saturated heterocycles. The number of hydrogen-bond acceptors (Lipinski definition) is 2. The van der Waals surface area contributed by atoms with Gasteiger partial charge in [-0.2, -0.15) is 5.26 Å². The molecule has 0 radical (unpaired) electrons. The van der Waals surface area contributed by atoms with Gasteiger partial charge in [0, 0.05) is 10.7 Å². The lowest BCUT2D eigenvalue weighted by atomic mass is 10.1. The minimum atomic E-state index is -0.529.